The van der Waals surface area contributed by atoms with Crippen LogP contribution in [0, 0.1) is 5.82 Å². The average Bonchev–Trinajstić information content (AvgIpc) is 2.50. The topological polar surface area (TPSA) is 60.2 Å². The molecule has 5 heteroatoms. The van der Waals surface area contributed by atoms with Gasteiger partial charge in [0.2, 0.25) is 0 Å². The molecule has 0 bridgehead atoms. The first-order chi connectivity index (χ1) is 10.1. The lowest BCUT2D eigenvalue weighted by molar-refractivity contribution is -0.107. The normalized spacial score (nSPS) is 9.52. The van der Waals surface area contributed by atoms with Gasteiger partial charge in [-0.1, -0.05) is 22.0 Å². The van der Waals surface area contributed by atoms with Crippen molar-refractivity contribution in [3.8, 4) is 0 Å². The highest BCUT2D eigenvalue weighted by molar-refractivity contribution is 9.10. The summed E-state index contributed by atoms with van der Waals surface area (Å²) in [5.74, 6) is -0.568. The maximum Gasteiger partial charge on any atom is 0.194 e. The number of nitrogens with two attached hydrogens (primary N) is 1. The largest absolute Gasteiger partial charge is 0.333 e. The van der Waals surface area contributed by atoms with Crippen molar-refractivity contribution in [1.29, 1.82) is 0 Å². The minimum Gasteiger partial charge on any atom is -0.333 e. The Hall–Kier alpha value is -1.85. The summed E-state index contributed by atoms with van der Waals surface area (Å²) in [4.78, 5) is 22.7. The molecule has 0 saturated carbocycles. The number of hydrogen-bond donors (Lipinski definition) is 1. The van der Waals surface area contributed by atoms with Crippen LogP contribution < -0.4 is 5.73 Å². The van der Waals surface area contributed by atoms with Gasteiger partial charge in [-0.15, -0.1) is 0 Å². The summed E-state index contributed by atoms with van der Waals surface area (Å²) in [6.07, 6.45) is 1.12. The van der Waals surface area contributed by atoms with E-state index in [4.69, 9.17) is 0 Å². The molecule has 0 saturated heterocycles. The highest BCUT2D eigenvalue weighted by Gasteiger charge is 2.13. The monoisotopic (exact) mass is 351 g/mol. The van der Waals surface area contributed by atoms with Gasteiger partial charge in [-0.3, -0.25) is 4.79 Å². The second-order valence-electron chi connectivity index (χ2n) is 4.02. The average molecular weight is 352 g/mol. The van der Waals surface area contributed by atoms with Gasteiger partial charge in [-0.05, 0) is 49.0 Å². The summed E-state index contributed by atoms with van der Waals surface area (Å²) in [6, 6.07) is 10.5. The molecular weight excluding hydrogens is 337 g/mol. The second kappa shape index (κ2) is 8.44. The molecule has 2 rings (SSSR count). The molecule has 0 amide bonds. The van der Waals surface area contributed by atoms with Gasteiger partial charge >= 0.3 is 0 Å². The molecule has 21 heavy (non-hydrogen) atoms. The van der Waals surface area contributed by atoms with Crippen LogP contribution in [0.15, 0.2) is 46.9 Å². The van der Waals surface area contributed by atoms with E-state index in [-0.39, 0.29) is 11.6 Å². The van der Waals surface area contributed by atoms with Crippen LogP contribution in [0.3, 0.4) is 0 Å². The summed E-state index contributed by atoms with van der Waals surface area (Å²) >= 11 is 3.32. The zero-order chi connectivity index (χ0) is 15.8. The van der Waals surface area contributed by atoms with Crippen molar-refractivity contribution in [2.24, 2.45) is 5.73 Å². The summed E-state index contributed by atoms with van der Waals surface area (Å²) in [5.41, 5.74) is 6.24. The first-order valence-corrected chi connectivity index (χ1v) is 7.01. The lowest BCUT2D eigenvalue weighted by Gasteiger charge is -2.05. The number of hydrogen-bond acceptors (Lipinski definition) is 3. The lowest BCUT2D eigenvalue weighted by atomic mass is 10.0. The van der Waals surface area contributed by atoms with Crippen molar-refractivity contribution < 1.29 is 14.0 Å². The van der Waals surface area contributed by atoms with E-state index in [1.165, 1.54) is 31.3 Å². The van der Waals surface area contributed by atoms with E-state index in [1.54, 1.807) is 18.2 Å². The Morgan fingerprint density at radius 1 is 1.19 bits per heavy atom. The van der Waals surface area contributed by atoms with Crippen LogP contribution in [0.1, 0.15) is 21.5 Å². The predicted octanol–water partition coefficient (Wildman–Crippen LogP) is 3.14. The number of carbonyl (C=O) groups excluding carboxylic acids is 2. The molecule has 0 unspecified atom stereocenters. The molecule has 0 aliphatic carbocycles. The van der Waals surface area contributed by atoms with Crippen molar-refractivity contribution in [2.75, 3.05) is 7.05 Å². The van der Waals surface area contributed by atoms with Gasteiger partial charge in [0.25, 0.3) is 0 Å². The number of rotatable bonds is 4. The van der Waals surface area contributed by atoms with Gasteiger partial charge in [-0.2, -0.15) is 0 Å². The minimum atomic E-state index is -0.378. The van der Waals surface area contributed by atoms with Crippen molar-refractivity contribution in [3.05, 3.63) is 69.4 Å². The molecule has 0 aliphatic rings. The fraction of sp³-hybridized carbons (Fsp3) is 0.125. The summed E-state index contributed by atoms with van der Waals surface area (Å²) < 4.78 is 13.4. The van der Waals surface area contributed by atoms with Crippen molar-refractivity contribution in [2.45, 2.75) is 6.42 Å². The van der Waals surface area contributed by atoms with Crippen LogP contribution in [0.2, 0.25) is 0 Å². The Bertz CT molecular complexity index is 627. The molecule has 110 valence electrons. The SMILES string of the molecule is CN.O=CCc1ccc(C(=O)c2ccc(F)cc2)c(Br)c1. The van der Waals surface area contributed by atoms with E-state index >= 15 is 0 Å². The van der Waals surface area contributed by atoms with Crippen LogP contribution in [0.4, 0.5) is 4.39 Å². The number of carbonyl (C=O) groups is 2. The second-order valence-corrected chi connectivity index (χ2v) is 4.88. The molecule has 0 atom stereocenters. The Balaban J connectivity index is 0.00000106. The third-order valence-corrected chi connectivity index (χ3v) is 3.36. The van der Waals surface area contributed by atoms with E-state index in [2.05, 4.69) is 21.7 Å². The zero-order valence-corrected chi connectivity index (χ0v) is 13.1. The molecule has 2 N–H and O–H groups in total. The number of benzene rings is 2. The lowest BCUT2D eigenvalue weighted by Crippen LogP contribution is -2.03. The summed E-state index contributed by atoms with van der Waals surface area (Å²) in [7, 11) is 1.50. The van der Waals surface area contributed by atoms with Gasteiger partial charge in [-0.25, -0.2) is 4.39 Å². The zero-order valence-electron chi connectivity index (χ0n) is 11.5. The van der Waals surface area contributed by atoms with Crippen LogP contribution in [-0.2, 0) is 11.2 Å². The van der Waals surface area contributed by atoms with Crippen molar-refractivity contribution in [3.63, 3.8) is 0 Å². The molecular formula is C16H15BrFNO2. The number of ketones is 1. The summed E-state index contributed by atoms with van der Waals surface area (Å²) in [5, 5.41) is 0. The van der Waals surface area contributed by atoms with Gasteiger partial charge in [0.05, 0.1) is 0 Å². The Morgan fingerprint density at radius 3 is 2.33 bits per heavy atom. The van der Waals surface area contributed by atoms with Crippen molar-refractivity contribution >= 4 is 28.0 Å². The Labute approximate surface area is 131 Å². The van der Waals surface area contributed by atoms with Crippen LogP contribution in [0.25, 0.3) is 0 Å². The van der Waals surface area contributed by atoms with Crippen LogP contribution in [-0.4, -0.2) is 19.1 Å². The third kappa shape index (κ3) is 4.58. The van der Waals surface area contributed by atoms with E-state index in [0.717, 1.165) is 11.8 Å². The van der Waals surface area contributed by atoms with Gasteiger partial charge in [0.1, 0.15) is 12.1 Å². The van der Waals surface area contributed by atoms with Crippen LogP contribution in [0.5, 0.6) is 0 Å². The van der Waals surface area contributed by atoms with Crippen molar-refractivity contribution in [1.82, 2.24) is 0 Å². The molecule has 0 fully saturated rings. The van der Waals surface area contributed by atoms with E-state index in [0.29, 0.717) is 22.0 Å². The maximum atomic E-state index is 12.8. The molecule has 0 radical (unpaired) electrons. The van der Waals surface area contributed by atoms with Gasteiger partial charge in [0.15, 0.2) is 5.78 Å². The summed E-state index contributed by atoms with van der Waals surface area (Å²) in [6.45, 7) is 0. The first-order valence-electron chi connectivity index (χ1n) is 6.22. The predicted molar refractivity (Wildman–Crippen MR) is 83.9 cm³/mol. The molecule has 0 heterocycles. The molecule has 2 aromatic carbocycles. The number of aldehydes is 1. The fourth-order valence-corrected chi connectivity index (χ4v) is 2.33. The quantitative estimate of drug-likeness (QED) is 0.679. The Kier molecular flexibility index (Phi) is 6.91. The molecule has 0 spiro atoms. The highest BCUT2D eigenvalue weighted by atomic mass is 79.9. The highest BCUT2D eigenvalue weighted by Crippen LogP contribution is 2.22. The minimum absolute atomic E-state index is 0.190. The van der Waals surface area contributed by atoms with Gasteiger partial charge < -0.3 is 10.5 Å². The van der Waals surface area contributed by atoms with E-state index < -0.39 is 0 Å². The maximum absolute atomic E-state index is 12.8. The van der Waals surface area contributed by atoms with Gasteiger partial charge in [0, 0.05) is 22.0 Å². The Morgan fingerprint density at radius 2 is 1.81 bits per heavy atom. The van der Waals surface area contributed by atoms with Crippen LogP contribution >= 0.6 is 15.9 Å². The molecule has 3 nitrogen and oxygen atoms in total. The van der Waals surface area contributed by atoms with E-state index in [1.807, 2.05) is 0 Å². The molecule has 0 aliphatic heterocycles. The molecule has 0 aromatic heterocycles. The third-order valence-electron chi connectivity index (χ3n) is 2.70. The molecule has 2 aromatic rings. The number of halogens is 2. The van der Waals surface area contributed by atoms with E-state index in [9.17, 15) is 14.0 Å². The first kappa shape index (κ1) is 17.2. The smallest absolute Gasteiger partial charge is 0.194 e. The standard InChI is InChI=1S/C15H10BrFO2.CH5N/c16-14-9-10(7-8-18)1-6-13(14)15(19)11-2-4-12(17)5-3-11;1-2/h1-6,8-9H,7H2;2H2,1H3. The fourth-order valence-electron chi connectivity index (χ4n) is 1.72.